The lowest BCUT2D eigenvalue weighted by atomic mass is 9.93. The molecular weight excluding hydrogens is 326 g/mol. The van der Waals surface area contributed by atoms with Crippen LogP contribution in [0.4, 0.5) is 5.69 Å². The van der Waals surface area contributed by atoms with E-state index in [4.69, 9.17) is 0 Å². The summed E-state index contributed by atoms with van der Waals surface area (Å²) in [7, 11) is 2.09. The number of rotatable bonds is 4. The summed E-state index contributed by atoms with van der Waals surface area (Å²) in [6, 6.07) is 4.26. The molecule has 5 nitrogen and oxygen atoms in total. The standard InChI is InChI=1S/C21H27N3O2/c1-15-14-22-12-10-17(15)19-18(11-13-23-20(19)21(25)26)24(2)16-8-6-4-3-5-7-9-16/h10-14,16H,3-9H2,1-2H3,(H,25,26). The van der Waals surface area contributed by atoms with Crippen LogP contribution in [0.5, 0.6) is 0 Å². The van der Waals surface area contributed by atoms with Crippen molar-refractivity contribution < 1.29 is 9.90 Å². The number of carboxylic acids is 1. The third-order valence-corrected chi connectivity index (χ3v) is 5.42. The third-order valence-electron chi connectivity index (χ3n) is 5.42. The van der Waals surface area contributed by atoms with E-state index in [0.29, 0.717) is 11.6 Å². The van der Waals surface area contributed by atoms with E-state index < -0.39 is 5.97 Å². The van der Waals surface area contributed by atoms with Gasteiger partial charge in [0, 0.05) is 42.9 Å². The molecule has 0 aromatic carbocycles. The number of hydrogen-bond acceptors (Lipinski definition) is 4. The van der Waals surface area contributed by atoms with Gasteiger partial charge in [-0.1, -0.05) is 32.1 Å². The van der Waals surface area contributed by atoms with Gasteiger partial charge in [-0.25, -0.2) is 9.78 Å². The molecule has 0 bridgehead atoms. The van der Waals surface area contributed by atoms with Crippen LogP contribution in [0, 0.1) is 6.92 Å². The fraction of sp³-hybridized carbons (Fsp3) is 0.476. The quantitative estimate of drug-likeness (QED) is 0.863. The largest absolute Gasteiger partial charge is 0.476 e. The summed E-state index contributed by atoms with van der Waals surface area (Å²) < 4.78 is 0. The van der Waals surface area contributed by atoms with Gasteiger partial charge in [-0.3, -0.25) is 4.98 Å². The van der Waals surface area contributed by atoms with Gasteiger partial charge in [-0.15, -0.1) is 0 Å². The normalized spacial score (nSPS) is 15.9. The third kappa shape index (κ3) is 3.87. The van der Waals surface area contributed by atoms with Crippen LogP contribution in [0.1, 0.15) is 61.0 Å². The van der Waals surface area contributed by atoms with Crippen molar-refractivity contribution >= 4 is 11.7 Å². The first-order valence-electron chi connectivity index (χ1n) is 9.45. The van der Waals surface area contributed by atoms with Gasteiger partial charge in [0.25, 0.3) is 0 Å². The van der Waals surface area contributed by atoms with Crippen LogP contribution in [0.25, 0.3) is 11.1 Å². The van der Waals surface area contributed by atoms with Crippen molar-refractivity contribution in [1.29, 1.82) is 0 Å². The summed E-state index contributed by atoms with van der Waals surface area (Å²) >= 11 is 0. The van der Waals surface area contributed by atoms with E-state index in [-0.39, 0.29) is 5.69 Å². The molecule has 1 N–H and O–H groups in total. The number of carboxylic acid groups (broad SMARTS) is 1. The molecule has 5 heteroatoms. The molecule has 1 aliphatic carbocycles. The van der Waals surface area contributed by atoms with Gasteiger partial charge in [0.15, 0.2) is 5.69 Å². The number of anilines is 1. The molecule has 1 aliphatic rings. The summed E-state index contributed by atoms with van der Waals surface area (Å²) in [5.41, 5.74) is 3.59. The molecule has 2 aromatic heterocycles. The van der Waals surface area contributed by atoms with Crippen LogP contribution in [0.15, 0.2) is 30.7 Å². The second-order valence-electron chi connectivity index (χ2n) is 7.16. The van der Waals surface area contributed by atoms with Crippen LogP contribution < -0.4 is 4.90 Å². The van der Waals surface area contributed by atoms with Gasteiger partial charge in [0.05, 0.1) is 0 Å². The zero-order valence-electron chi connectivity index (χ0n) is 15.6. The van der Waals surface area contributed by atoms with Crippen molar-refractivity contribution in [2.24, 2.45) is 0 Å². The summed E-state index contributed by atoms with van der Waals surface area (Å²) in [6.07, 6.45) is 13.8. The van der Waals surface area contributed by atoms with Crippen LogP contribution >= 0.6 is 0 Å². The average molecular weight is 353 g/mol. The summed E-state index contributed by atoms with van der Waals surface area (Å²) in [6.45, 7) is 1.96. The molecule has 0 spiro atoms. The topological polar surface area (TPSA) is 66.3 Å². The Morgan fingerprint density at radius 1 is 1.12 bits per heavy atom. The van der Waals surface area contributed by atoms with Crippen LogP contribution in [0.3, 0.4) is 0 Å². The molecule has 0 amide bonds. The highest BCUT2D eigenvalue weighted by Crippen LogP contribution is 2.36. The lowest BCUT2D eigenvalue weighted by Gasteiger charge is -2.33. The molecule has 0 atom stereocenters. The first-order valence-corrected chi connectivity index (χ1v) is 9.45. The first-order chi connectivity index (χ1) is 12.6. The van der Waals surface area contributed by atoms with E-state index in [1.54, 1.807) is 18.6 Å². The maximum absolute atomic E-state index is 11.9. The minimum absolute atomic E-state index is 0.106. The Labute approximate surface area is 155 Å². The summed E-state index contributed by atoms with van der Waals surface area (Å²) in [5.74, 6) is -0.996. The van der Waals surface area contributed by atoms with E-state index >= 15 is 0 Å². The van der Waals surface area contributed by atoms with E-state index in [9.17, 15) is 9.90 Å². The molecule has 3 rings (SSSR count). The highest BCUT2D eigenvalue weighted by atomic mass is 16.4. The molecule has 1 fully saturated rings. The number of carbonyl (C=O) groups is 1. The van der Waals surface area contributed by atoms with E-state index in [0.717, 1.165) is 29.7 Å². The van der Waals surface area contributed by atoms with Gasteiger partial charge in [0.1, 0.15) is 0 Å². The van der Waals surface area contributed by atoms with Crippen LogP contribution in [0.2, 0.25) is 0 Å². The van der Waals surface area contributed by atoms with Gasteiger partial charge in [-0.2, -0.15) is 0 Å². The van der Waals surface area contributed by atoms with Crippen molar-refractivity contribution in [2.45, 2.75) is 57.9 Å². The maximum atomic E-state index is 11.9. The Kier molecular flexibility index (Phi) is 5.86. The predicted octanol–water partition coefficient (Wildman–Crippen LogP) is 4.70. The predicted molar refractivity (Wildman–Crippen MR) is 104 cm³/mol. The lowest BCUT2D eigenvalue weighted by molar-refractivity contribution is 0.0691. The second-order valence-corrected chi connectivity index (χ2v) is 7.16. The molecule has 2 aromatic rings. The van der Waals surface area contributed by atoms with Crippen molar-refractivity contribution in [1.82, 2.24) is 9.97 Å². The molecule has 0 saturated heterocycles. The van der Waals surface area contributed by atoms with Crippen molar-refractivity contribution in [3.63, 3.8) is 0 Å². The smallest absolute Gasteiger partial charge is 0.355 e. The van der Waals surface area contributed by atoms with Crippen LogP contribution in [-0.2, 0) is 0 Å². The molecule has 0 unspecified atom stereocenters. The van der Waals surface area contributed by atoms with Crippen LogP contribution in [-0.4, -0.2) is 34.1 Å². The highest BCUT2D eigenvalue weighted by Gasteiger charge is 2.24. The van der Waals surface area contributed by atoms with E-state index in [2.05, 4.69) is 21.9 Å². The molecule has 138 valence electrons. The van der Waals surface area contributed by atoms with Gasteiger partial charge in [0.2, 0.25) is 0 Å². The molecule has 1 saturated carbocycles. The second kappa shape index (κ2) is 8.30. The Hall–Kier alpha value is -2.43. The minimum atomic E-state index is -0.996. The van der Waals surface area contributed by atoms with Gasteiger partial charge >= 0.3 is 5.97 Å². The zero-order chi connectivity index (χ0) is 18.5. The SMILES string of the molecule is Cc1cnccc1-c1c(N(C)C2CCCCCCC2)ccnc1C(=O)O. The fourth-order valence-electron chi connectivity index (χ4n) is 3.95. The average Bonchev–Trinajstić information content (AvgIpc) is 2.61. The van der Waals surface area contributed by atoms with E-state index in [1.807, 2.05) is 19.1 Å². The number of nitrogens with zero attached hydrogens (tertiary/aromatic N) is 3. The van der Waals surface area contributed by atoms with E-state index in [1.165, 1.54) is 32.1 Å². The Balaban J connectivity index is 2.07. The Morgan fingerprint density at radius 3 is 2.46 bits per heavy atom. The Morgan fingerprint density at radius 2 is 1.81 bits per heavy atom. The number of aryl methyl sites for hydroxylation is 1. The maximum Gasteiger partial charge on any atom is 0.355 e. The molecule has 0 radical (unpaired) electrons. The molecule has 0 aliphatic heterocycles. The Bertz CT molecular complexity index is 768. The first kappa shape index (κ1) is 18.4. The number of aromatic carboxylic acids is 1. The van der Waals surface area contributed by atoms with Gasteiger partial charge in [-0.05, 0) is 43.0 Å². The molecular formula is C21H27N3O2. The number of aromatic nitrogens is 2. The van der Waals surface area contributed by atoms with Crippen molar-refractivity contribution in [2.75, 3.05) is 11.9 Å². The van der Waals surface area contributed by atoms with Crippen molar-refractivity contribution in [3.05, 3.63) is 42.0 Å². The van der Waals surface area contributed by atoms with Gasteiger partial charge < -0.3 is 10.0 Å². The fourth-order valence-corrected chi connectivity index (χ4v) is 3.95. The minimum Gasteiger partial charge on any atom is -0.476 e. The molecule has 2 heterocycles. The van der Waals surface area contributed by atoms with Crippen molar-refractivity contribution in [3.8, 4) is 11.1 Å². The number of hydrogen-bond donors (Lipinski definition) is 1. The summed E-state index contributed by atoms with van der Waals surface area (Å²) in [4.78, 5) is 22.5. The highest BCUT2D eigenvalue weighted by molar-refractivity contribution is 5.98. The summed E-state index contributed by atoms with van der Waals surface area (Å²) in [5, 5.41) is 9.72. The lowest BCUT2D eigenvalue weighted by Crippen LogP contribution is -2.33. The molecule has 26 heavy (non-hydrogen) atoms. The number of pyridine rings is 2. The monoisotopic (exact) mass is 353 g/mol. The zero-order valence-corrected chi connectivity index (χ0v) is 15.6.